The van der Waals surface area contributed by atoms with Gasteiger partial charge >= 0.3 is 0 Å². The Labute approximate surface area is 287 Å². The molecule has 8 aromatic rings. The number of aromatic nitrogens is 3. The van der Waals surface area contributed by atoms with E-state index in [0.717, 1.165) is 61.6 Å². The van der Waals surface area contributed by atoms with E-state index >= 15 is 0 Å². The van der Waals surface area contributed by atoms with Gasteiger partial charge in [-0.3, -0.25) is 4.98 Å². The van der Waals surface area contributed by atoms with E-state index in [2.05, 4.69) is 177 Å². The van der Waals surface area contributed by atoms with E-state index < -0.39 is 0 Å². The van der Waals surface area contributed by atoms with Gasteiger partial charge in [-0.15, -0.1) is 0 Å². The van der Waals surface area contributed by atoms with Gasteiger partial charge in [0.25, 0.3) is 0 Å². The number of hydrogen-bond donors (Lipinski definition) is 0. The number of nitrogens with zero attached hydrogens (tertiary/aromatic N) is 3. The van der Waals surface area contributed by atoms with E-state index in [-0.39, 0.29) is 0 Å². The molecular formula is C46H35N3. The van der Waals surface area contributed by atoms with Crippen LogP contribution in [0, 0.1) is 20.8 Å². The van der Waals surface area contributed by atoms with Gasteiger partial charge in [-0.2, -0.15) is 0 Å². The Bertz CT molecular complexity index is 2360. The molecule has 0 atom stereocenters. The van der Waals surface area contributed by atoms with Crippen molar-refractivity contribution < 1.29 is 0 Å². The zero-order chi connectivity index (χ0) is 33.3. The molecule has 0 saturated carbocycles. The minimum absolute atomic E-state index is 0.692. The summed E-state index contributed by atoms with van der Waals surface area (Å²) in [4.78, 5) is 15.1. The zero-order valence-electron chi connectivity index (χ0n) is 27.9. The van der Waals surface area contributed by atoms with E-state index in [0.29, 0.717) is 5.82 Å². The molecule has 0 N–H and O–H groups in total. The molecule has 0 unspecified atom stereocenters. The molecule has 49 heavy (non-hydrogen) atoms. The van der Waals surface area contributed by atoms with Crippen molar-refractivity contribution in [3.05, 3.63) is 175 Å². The van der Waals surface area contributed by atoms with Crippen molar-refractivity contribution in [1.29, 1.82) is 0 Å². The lowest BCUT2D eigenvalue weighted by Gasteiger charge is -2.14. The fraction of sp³-hybridized carbons (Fsp3) is 0.0652. The molecule has 0 aliphatic heterocycles. The van der Waals surface area contributed by atoms with Gasteiger partial charge in [-0.05, 0) is 89.7 Å². The summed E-state index contributed by atoms with van der Waals surface area (Å²) < 4.78 is 0. The van der Waals surface area contributed by atoms with E-state index in [1.54, 1.807) is 0 Å². The third-order valence-electron chi connectivity index (χ3n) is 9.14. The molecule has 0 aliphatic rings. The van der Waals surface area contributed by atoms with Crippen molar-refractivity contribution in [2.24, 2.45) is 0 Å². The van der Waals surface area contributed by atoms with E-state index in [9.17, 15) is 0 Å². The minimum Gasteiger partial charge on any atom is -0.256 e. The Kier molecular flexibility index (Phi) is 7.87. The summed E-state index contributed by atoms with van der Waals surface area (Å²) in [6, 6.07) is 53.9. The lowest BCUT2D eigenvalue weighted by atomic mass is 9.92. The van der Waals surface area contributed by atoms with Gasteiger partial charge in [0.1, 0.15) is 0 Å². The molecule has 3 heteroatoms. The topological polar surface area (TPSA) is 38.7 Å². The second kappa shape index (κ2) is 12.8. The fourth-order valence-electron chi connectivity index (χ4n) is 6.35. The average Bonchev–Trinajstić information content (AvgIpc) is 3.15. The maximum Gasteiger partial charge on any atom is 0.160 e. The predicted octanol–water partition coefficient (Wildman–Crippen LogP) is 12.0. The molecule has 0 fully saturated rings. The fourth-order valence-corrected chi connectivity index (χ4v) is 6.35. The van der Waals surface area contributed by atoms with Crippen LogP contribution in [0.2, 0.25) is 0 Å². The van der Waals surface area contributed by atoms with Gasteiger partial charge in [0.15, 0.2) is 5.82 Å². The van der Waals surface area contributed by atoms with Crippen molar-refractivity contribution in [3.8, 4) is 67.4 Å². The van der Waals surface area contributed by atoms with Crippen molar-refractivity contribution in [1.82, 2.24) is 15.0 Å². The van der Waals surface area contributed by atoms with Gasteiger partial charge in [-0.1, -0.05) is 132 Å². The van der Waals surface area contributed by atoms with Crippen LogP contribution in [0.1, 0.15) is 16.7 Å². The van der Waals surface area contributed by atoms with Crippen molar-refractivity contribution in [2.75, 3.05) is 0 Å². The first kappa shape index (κ1) is 30.2. The third-order valence-corrected chi connectivity index (χ3v) is 9.14. The van der Waals surface area contributed by atoms with Crippen LogP contribution in [0.5, 0.6) is 0 Å². The number of pyridine rings is 1. The number of fused-ring (bicyclic) bond motifs is 1. The predicted molar refractivity (Wildman–Crippen MR) is 204 cm³/mol. The van der Waals surface area contributed by atoms with Crippen molar-refractivity contribution in [3.63, 3.8) is 0 Å². The summed E-state index contributed by atoms with van der Waals surface area (Å²) >= 11 is 0. The summed E-state index contributed by atoms with van der Waals surface area (Å²) in [5, 5.41) is 2.42. The molecule has 0 saturated heterocycles. The van der Waals surface area contributed by atoms with E-state index in [1.165, 1.54) is 27.5 Å². The highest BCUT2D eigenvalue weighted by Gasteiger charge is 2.15. The van der Waals surface area contributed by atoms with Gasteiger partial charge in [-0.25, -0.2) is 9.97 Å². The Morgan fingerprint density at radius 3 is 1.55 bits per heavy atom. The molecule has 6 aromatic carbocycles. The molecular weight excluding hydrogens is 595 g/mol. The number of aryl methyl sites for hydroxylation is 3. The smallest absolute Gasteiger partial charge is 0.160 e. The molecule has 2 aromatic heterocycles. The number of benzene rings is 6. The highest BCUT2D eigenvalue weighted by atomic mass is 14.9. The molecule has 0 bridgehead atoms. The first-order valence-corrected chi connectivity index (χ1v) is 16.7. The second-order valence-corrected chi connectivity index (χ2v) is 12.8. The van der Waals surface area contributed by atoms with Gasteiger partial charge in [0.05, 0.1) is 17.1 Å². The highest BCUT2D eigenvalue weighted by molar-refractivity contribution is 5.98. The molecule has 8 rings (SSSR count). The summed E-state index contributed by atoms with van der Waals surface area (Å²) in [6.07, 6.45) is 1.92. The number of hydrogen-bond acceptors (Lipinski definition) is 3. The van der Waals surface area contributed by atoms with E-state index in [1.807, 2.05) is 6.20 Å². The van der Waals surface area contributed by atoms with Crippen molar-refractivity contribution >= 4 is 10.8 Å². The van der Waals surface area contributed by atoms with Gasteiger partial charge in [0, 0.05) is 28.5 Å². The molecule has 0 spiro atoms. The quantitative estimate of drug-likeness (QED) is 0.184. The van der Waals surface area contributed by atoms with Crippen LogP contribution in [-0.2, 0) is 0 Å². The van der Waals surface area contributed by atoms with E-state index in [4.69, 9.17) is 9.97 Å². The van der Waals surface area contributed by atoms with Crippen LogP contribution in [0.3, 0.4) is 0 Å². The Hall–Kier alpha value is -6.19. The Morgan fingerprint density at radius 2 is 0.898 bits per heavy atom. The SMILES string of the molecule is Cc1ccc(-c2cc(-c3ccc(C)cc3)nc(-c3cc(-c4ccc(-c5ccc(C)cn5)cc4)cc(-c4cccc5ccccc45)c3)n2)cc1. The molecule has 0 amide bonds. The summed E-state index contributed by atoms with van der Waals surface area (Å²) in [6.45, 7) is 6.28. The standard InChI is InChI=1S/C46H35N3/c1-30-11-16-36(17-12-30)44-28-45(37-18-13-31(2)14-19-37)49-46(48-44)40-26-38(33-20-22-35(23-21-33)43-24-15-32(3)29-47-43)25-39(27-40)42-10-6-8-34-7-4-5-9-41(34)42/h4-29H,1-3H3. The van der Waals surface area contributed by atoms with Gasteiger partial charge < -0.3 is 0 Å². The molecule has 2 heterocycles. The van der Waals surface area contributed by atoms with Crippen molar-refractivity contribution in [2.45, 2.75) is 20.8 Å². The third kappa shape index (κ3) is 6.27. The van der Waals surface area contributed by atoms with Crippen LogP contribution in [0.4, 0.5) is 0 Å². The lowest BCUT2D eigenvalue weighted by Crippen LogP contribution is -1.97. The first-order valence-electron chi connectivity index (χ1n) is 16.7. The van der Waals surface area contributed by atoms with Crippen LogP contribution in [-0.4, -0.2) is 15.0 Å². The maximum absolute atomic E-state index is 5.22. The normalized spacial score (nSPS) is 11.2. The summed E-state index contributed by atoms with van der Waals surface area (Å²) in [7, 11) is 0. The number of rotatable bonds is 6. The Morgan fingerprint density at radius 1 is 0.367 bits per heavy atom. The molecule has 3 nitrogen and oxygen atoms in total. The highest BCUT2D eigenvalue weighted by Crippen LogP contribution is 2.37. The minimum atomic E-state index is 0.692. The van der Waals surface area contributed by atoms with Gasteiger partial charge in [0.2, 0.25) is 0 Å². The summed E-state index contributed by atoms with van der Waals surface area (Å²) in [5.74, 6) is 0.692. The second-order valence-electron chi connectivity index (χ2n) is 12.8. The zero-order valence-corrected chi connectivity index (χ0v) is 27.9. The Balaban J connectivity index is 1.33. The largest absolute Gasteiger partial charge is 0.256 e. The average molecular weight is 630 g/mol. The first-order chi connectivity index (χ1) is 24.0. The molecule has 0 aliphatic carbocycles. The van der Waals surface area contributed by atoms with Crippen LogP contribution in [0.15, 0.2) is 158 Å². The monoisotopic (exact) mass is 629 g/mol. The summed E-state index contributed by atoms with van der Waals surface area (Å²) in [5.41, 5.74) is 15.0. The lowest BCUT2D eigenvalue weighted by molar-refractivity contribution is 1.18. The molecule has 0 radical (unpaired) electrons. The van der Waals surface area contributed by atoms with Crippen LogP contribution < -0.4 is 0 Å². The molecule has 234 valence electrons. The van der Waals surface area contributed by atoms with Crippen LogP contribution in [0.25, 0.3) is 78.2 Å². The maximum atomic E-state index is 5.22. The van der Waals surface area contributed by atoms with Crippen LogP contribution >= 0.6 is 0 Å².